The molecule has 2 nitrogen and oxygen atoms in total. The molecule has 0 radical (unpaired) electrons. The number of hydrogen-bond donors (Lipinski definition) is 0. The monoisotopic (exact) mass is 205 g/mol. The summed E-state index contributed by atoms with van der Waals surface area (Å²) in [5.41, 5.74) is 1.41. The van der Waals surface area contributed by atoms with Crippen LogP contribution >= 0.6 is 11.6 Å². The van der Waals surface area contributed by atoms with Crippen molar-refractivity contribution in [1.82, 2.24) is 4.98 Å². The summed E-state index contributed by atoms with van der Waals surface area (Å²) in [4.78, 5) is 15.2. The first kappa shape index (κ1) is 9.16. The SMILES string of the molecule is CC(=O)c1ccc2ccc(Cl)nc2c1. The third-order valence-electron chi connectivity index (χ3n) is 2.06. The smallest absolute Gasteiger partial charge is 0.159 e. The normalized spacial score (nSPS) is 10.4. The van der Waals surface area contributed by atoms with E-state index in [0.29, 0.717) is 10.7 Å². The molecule has 2 rings (SSSR count). The topological polar surface area (TPSA) is 30.0 Å². The van der Waals surface area contributed by atoms with Crippen LogP contribution < -0.4 is 0 Å². The number of benzene rings is 1. The van der Waals surface area contributed by atoms with Crippen LogP contribution in [0.25, 0.3) is 10.9 Å². The molecule has 0 saturated heterocycles. The zero-order valence-corrected chi connectivity index (χ0v) is 8.38. The minimum Gasteiger partial charge on any atom is -0.295 e. The first-order chi connectivity index (χ1) is 6.66. The van der Waals surface area contributed by atoms with Crippen molar-refractivity contribution in [3.63, 3.8) is 0 Å². The van der Waals surface area contributed by atoms with E-state index in [1.165, 1.54) is 6.92 Å². The number of ketones is 1. The van der Waals surface area contributed by atoms with Crippen LogP contribution in [0.5, 0.6) is 0 Å². The van der Waals surface area contributed by atoms with Gasteiger partial charge in [-0.1, -0.05) is 23.7 Å². The van der Waals surface area contributed by atoms with Gasteiger partial charge in [-0.25, -0.2) is 4.98 Å². The van der Waals surface area contributed by atoms with Crippen LogP contribution in [0.4, 0.5) is 0 Å². The van der Waals surface area contributed by atoms with Crippen molar-refractivity contribution >= 4 is 28.3 Å². The molecule has 1 aromatic heterocycles. The Morgan fingerprint density at radius 1 is 1.29 bits per heavy atom. The average Bonchev–Trinajstić information content (AvgIpc) is 2.16. The summed E-state index contributed by atoms with van der Waals surface area (Å²) < 4.78 is 0. The predicted octanol–water partition coefficient (Wildman–Crippen LogP) is 3.09. The van der Waals surface area contributed by atoms with Gasteiger partial charge in [0, 0.05) is 10.9 Å². The van der Waals surface area contributed by atoms with Crippen LogP contribution in [0.1, 0.15) is 17.3 Å². The van der Waals surface area contributed by atoms with E-state index in [1.54, 1.807) is 18.2 Å². The van der Waals surface area contributed by atoms with Gasteiger partial charge in [0.05, 0.1) is 5.52 Å². The Morgan fingerprint density at radius 2 is 2.00 bits per heavy atom. The molecule has 70 valence electrons. The second-order valence-electron chi connectivity index (χ2n) is 3.10. The minimum atomic E-state index is 0.0358. The van der Waals surface area contributed by atoms with Gasteiger partial charge in [-0.15, -0.1) is 0 Å². The molecule has 14 heavy (non-hydrogen) atoms. The largest absolute Gasteiger partial charge is 0.295 e. The maximum atomic E-state index is 11.1. The van der Waals surface area contributed by atoms with Gasteiger partial charge < -0.3 is 0 Å². The molecule has 0 fully saturated rings. The van der Waals surface area contributed by atoms with Gasteiger partial charge in [0.25, 0.3) is 0 Å². The maximum Gasteiger partial charge on any atom is 0.159 e. The standard InChI is InChI=1S/C11H8ClNO/c1-7(14)9-3-2-8-4-5-11(12)13-10(8)6-9/h2-6H,1H3. The highest BCUT2D eigenvalue weighted by molar-refractivity contribution is 6.29. The molecule has 2 aromatic rings. The molecule has 0 spiro atoms. The lowest BCUT2D eigenvalue weighted by Crippen LogP contribution is -1.91. The van der Waals surface area contributed by atoms with Gasteiger partial charge >= 0.3 is 0 Å². The summed E-state index contributed by atoms with van der Waals surface area (Å²) >= 11 is 5.75. The molecule has 0 unspecified atom stereocenters. The van der Waals surface area contributed by atoms with Gasteiger partial charge in [-0.3, -0.25) is 4.79 Å². The van der Waals surface area contributed by atoms with Crippen LogP contribution in [-0.4, -0.2) is 10.8 Å². The zero-order chi connectivity index (χ0) is 10.1. The number of hydrogen-bond acceptors (Lipinski definition) is 2. The third-order valence-corrected chi connectivity index (χ3v) is 2.28. The lowest BCUT2D eigenvalue weighted by Gasteiger charge is -1.99. The van der Waals surface area contributed by atoms with Crippen molar-refractivity contribution in [1.29, 1.82) is 0 Å². The van der Waals surface area contributed by atoms with E-state index in [2.05, 4.69) is 4.98 Å². The van der Waals surface area contributed by atoms with E-state index < -0.39 is 0 Å². The summed E-state index contributed by atoms with van der Waals surface area (Å²) in [6, 6.07) is 9.03. The molecule has 0 bridgehead atoms. The Labute approximate surface area is 86.5 Å². The predicted molar refractivity (Wildman–Crippen MR) is 56.8 cm³/mol. The summed E-state index contributed by atoms with van der Waals surface area (Å²) in [5, 5.41) is 1.43. The van der Waals surface area contributed by atoms with Crippen molar-refractivity contribution in [2.45, 2.75) is 6.92 Å². The van der Waals surface area contributed by atoms with Crippen molar-refractivity contribution in [3.8, 4) is 0 Å². The lowest BCUT2D eigenvalue weighted by molar-refractivity contribution is 0.101. The first-order valence-corrected chi connectivity index (χ1v) is 4.62. The van der Waals surface area contributed by atoms with Crippen LogP contribution in [0.2, 0.25) is 5.15 Å². The number of Topliss-reactive ketones (excluding diaryl/α,β-unsaturated/α-hetero) is 1. The number of halogens is 1. The molecule has 3 heteroatoms. The molecular weight excluding hydrogens is 198 g/mol. The van der Waals surface area contributed by atoms with E-state index in [9.17, 15) is 4.79 Å². The Bertz CT molecular complexity index is 508. The number of fused-ring (bicyclic) bond motifs is 1. The van der Waals surface area contributed by atoms with E-state index >= 15 is 0 Å². The van der Waals surface area contributed by atoms with Gasteiger partial charge in [0.15, 0.2) is 5.78 Å². The molecule has 0 aliphatic rings. The lowest BCUT2D eigenvalue weighted by atomic mass is 10.1. The molecular formula is C11H8ClNO. The van der Waals surface area contributed by atoms with Gasteiger partial charge in [0.1, 0.15) is 5.15 Å². The van der Waals surface area contributed by atoms with E-state index in [4.69, 9.17) is 11.6 Å². The highest BCUT2D eigenvalue weighted by atomic mass is 35.5. The van der Waals surface area contributed by atoms with Gasteiger partial charge in [0.2, 0.25) is 0 Å². The van der Waals surface area contributed by atoms with E-state index in [-0.39, 0.29) is 5.78 Å². The van der Waals surface area contributed by atoms with Crippen LogP contribution in [0.15, 0.2) is 30.3 Å². The van der Waals surface area contributed by atoms with E-state index in [1.807, 2.05) is 12.1 Å². The summed E-state index contributed by atoms with van der Waals surface area (Å²) in [7, 11) is 0. The van der Waals surface area contributed by atoms with Gasteiger partial charge in [-0.05, 0) is 25.1 Å². The molecule has 0 N–H and O–H groups in total. The first-order valence-electron chi connectivity index (χ1n) is 4.24. The number of carbonyl (C=O) groups excluding carboxylic acids is 1. The fourth-order valence-electron chi connectivity index (χ4n) is 1.31. The minimum absolute atomic E-state index is 0.0358. The maximum absolute atomic E-state index is 11.1. The molecule has 0 atom stereocenters. The molecule has 0 aliphatic heterocycles. The molecule has 1 heterocycles. The van der Waals surface area contributed by atoms with Crippen molar-refractivity contribution < 1.29 is 4.79 Å². The summed E-state index contributed by atoms with van der Waals surface area (Å²) in [6.45, 7) is 1.53. The average molecular weight is 206 g/mol. The number of carbonyl (C=O) groups is 1. The fourth-order valence-corrected chi connectivity index (χ4v) is 1.47. The van der Waals surface area contributed by atoms with Crippen LogP contribution in [0.3, 0.4) is 0 Å². The highest BCUT2D eigenvalue weighted by Gasteiger charge is 2.01. The van der Waals surface area contributed by atoms with Gasteiger partial charge in [-0.2, -0.15) is 0 Å². The second-order valence-corrected chi connectivity index (χ2v) is 3.48. The highest BCUT2D eigenvalue weighted by Crippen LogP contribution is 2.17. The molecule has 0 aliphatic carbocycles. The summed E-state index contributed by atoms with van der Waals surface area (Å²) in [6.07, 6.45) is 0. The van der Waals surface area contributed by atoms with Crippen molar-refractivity contribution in [2.24, 2.45) is 0 Å². The van der Waals surface area contributed by atoms with Crippen LogP contribution in [-0.2, 0) is 0 Å². The molecule has 1 aromatic carbocycles. The van der Waals surface area contributed by atoms with Crippen molar-refractivity contribution in [2.75, 3.05) is 0 Å². The molecule has 0 amide bonds. The number of rotatable bonds is 1. The summed E-state index contributed by atoms with van der Waals surface area (Å²) in [5.74, 6) is 0.0358. The Balaban J connectivity index is 2.69. The Morgan fingerprint density at radius 3 is 2.71 bits per heavy atom. The zero-order valence-electron chi connectivity index (χ0n) is 7.62. The second kappa shape index (κ2) is 3.39. The Kier molecular flexibility index (Phi) is 2.22. The third kappa shape index (κ3) is 1.61. The number of nitrogens with zero attached hydrogens (tertiary/aromatic N) is 1. The molecule has 0 saturated carbocycles. The fraction of sp³-hybridized carbons (Fsp3) is 0.0909. The van der Waals surface area contributed by atoms with Crippen LogP contribution in [0, 0.1) is 0 Å². The van der Waals surface area contributed by atoms with E-state index in [0.717, 1.165) is 10.9 Å². The quantitative estimate of drug-likeness (QED) is 0.529. The Hall–Kier alpha value is -1.41. The number of pyridine rings is 1. The number of aromatic nitrogens is 1. The van der Waals surface area contributed by atoms with Crippen molar-refractivity contribution in [3.05, 3.63) is 41.0 Å².